The molecule has 0 aromatic carbocycles. The third kappa shape index (κ3) is 3.73. The molecule has 0 saturated carbocycles. The maximum absolute atomic E-state index is 11.7. The molecule has 0 aliphatic carbocycles. The minimum Gasteiger partial charge on any atom is -0.347 e. The fraction of sp³-hybridized carbons (Fsp3) is 0.417. The summed E-state index contributed by atoms with van der Waals surface area (Å²) in [5.74, 6) is 0.307. The maximum atomic E-state index is 11.7. The first-order valence-corrected chi connectivity index (χ1v) is 5.72. The van der Waals surface area contributed by atoms with Crippen molar-refractivity contribution in [3.8, 4) is 0 Å². The summed E-state index contributed by atoms with van der Waals surface area (Å²) in [5.41, 5.74) is 0. The van der Waals surface area contributed by atoms with Crippen LogP contribution in [0.4, 0.5) is 0 Å². The molecular weight excluding hydrogens is 232 g/mol. The summed E-state index contributed by atoms with van der Waals surface area (Å²) in [6, 6.07) is 0. The van der Waals surface area contributed by atoms with Crippen LogP contribution in [0.15, 0.2) is 25.0 Å². The maximum Gasteiger partial charge on any atom is 0.246 e. The number of imidazole rings is 1. The first kappa shape index (κ1) is 14.0. The lowest BCUT2D eigenvalue weighted by Crippen LogP contribution is -2.39. The number of hydrogen-bond acceptors (Lipinski definition) is 3. The van der Waals surface area contributed by atoms with Crippen molar-refractivity contribution >= 4 is 11.8 Å². The number of rotatable bonds is 6. The van der Waals surface area contributed by atoms with Crippen molar-refractivity contribution in [3.63, 3.8) is 0 Å². The van der Waals surface area contributed by atoms with Gasteiger partial charge in [-0.15, -0.1) is 0 Å². The molecule has 0 unspecified atom stereocenters. The molecule has 1 rings (SSSR count). The summed E-state index contributed by atoms with van der Waals surface area (Å²) in [4.78, 5) is 28.5. The van der Waals surface area contributed by atoms with Crippen LogP contribution in [0, 0.1) is 0 Å². The molecule has 0 aliphatic heterocycles. The fourth-order valence-corrected chi connectivity index (χ4v) is 1.45. The van der Waals surface area contributed by atoms with Gasteiger partial charge < -0.3 is 14.8 Å². The highest BCUT2D eigenvalue weighted by Gasteiger charge is 2.12. The van der Waals surface area contributed by atoms with E-state index in [4.69, 9.17) is 0 Å². The average Bonchev–Trinajstić information content (AvgIpc) is 2.78. The molecule has 0 aliphatic rings. The number of amides is 2. The van der Waals surface area contributed by atoms with Gasteiger partial charge in [0.2, 0.25) is 11.8 Å². The Morgan fingerprint density at radius 1 is 1.61 bits per heavy atom. The van der Waals surface area contributed by atoms with Crippen LogP contribution in [0.5, 0.6) is 0 Å². The molecule has 0 saturated heterocycles. The van der Waals surface area contributed by atoms with Gasteiger partial charge in [-0.2, -0.15) is 0 Å². The van der Waals surface area contributed by atoms with E-state index in [0.29, 0.717) is 13.1 Å². The van der Waals surface area contributed by atoms with E-state index < -0.39 is 0 Å². The van der Waals surface area contributed by atoms with Gasteiger partial charge in [0.25, 0.3) is 0 Å². The Morgan fingerprint density at radius 2 is 2.33 bits per heavy atom. The van der Waals surface area contributed by atoms with Gasteiger partial charge in [0.1, 0.15) is 5.82 Å². The summed E-state index contributed by atoms with van der Waals surface area (Å²) in [5, 5.41) is 2.72. The number of aryl methyl sites for hydroxylation is 1. The zero-order valence-corrected chi connectivity index (χ0v) is 10.7. The molecule has 0 bridgehead atoms. The lowest BCUT2D eigenvalue weighted by atomic mass is 10.4. The second-order valence-electron chi connectivity index (χ2n) is 3.79. The number of aromatic nitrogens is 2. The molecule has 6 nitrogen and oxygen atoms in total. The molecule has 0 spiro atoms. The third-order valence-electron chi connectivity index (χ3n) is 2.57. The summed E-state index contributed by atoms with van der Waals surface area (Å²) in [7, 11) is 1.86. The van der Waals surface area contributed by atoms with Gasteiger partial charge in [0.15, 0.2) is 0 Å². The van der Waals surface area contributed by atoms with Crippen LogP contribution in [0.25, 0.3) is 0 Å². The van der Waals surface area contributed by atoms with Crippen LogP contribution in [-0.2, 0) is 23.2 Å². The molecule has 0 fully saturated rings. The SMILES string of the molecule is C=CC(=O)N(CC)CC(=O)NCc1nccn1C. The van der Waals surface area contributed by atoms with E-state index in [1.807, 2.05) is 18.5 Å². The van der Waals surface area contributed by atoms with E-state index in [-0.39, 0.29) is 18.4 Å². The first-order valence-electron chi connectivity index (χ1n) is 5.72. The van der Waals surface area contributed by atoms with Crippen molar-refractivity contribution in [2.75, 3.05) is 13.1 Å². The Bertz CT molecular complexity index is 439. The zero-order chi connectivity index (χ0) is 13.5. The van der Waals surface area contributed by atoms with Crippen molar-refractivity contribution in [2.45, 2.75) is 13.5 Å². The molecule has 1 aromatic rings. The summed E-state index contributed by atoms with van der Waals surface area (Å²) in [6.45, 7) is 6.07. The number of nitrogens with zero attached hydrogens (tertiary/aromatic N) is 3. The van der Waals surface area contributed by atoms with E-state index in [2.05, 4.69) is 16.9 Å². The van der Waals surface area contributed by atoms with Gasteiger partial charge in [-0.25, -0.2) is 4.98 Å². The molecule has 1 aromatic heterocycles. The Kier molecular flexibility index (Phi) is 5.10. The van der Waals surface area contributed by atoms with Crippen LogP contribution >= 0.6 is 0 Å². The van der Waals surface area contributed by atoms with Crippen LogP contribution in [-0.4, -0.2) is 39.4 Å². The number of hydrogen-bond donors (Lipinski definition) is 1. The molecule has 2 amide bonds. The van der Waals surface area contributed by atoms with Gasteiger partial charge in [-0.1, -0.05) is 6.58 Å². The quantitative estimate of drug-likeness (QED) is 0.727. The molecule has 0 atom stereocenters. The van der Waals surface area contributed by atoms with Gasteiger partial charge in [-0.05, 0) is 13.0 Å². The van der Waals surface area contributed by atoms with Crippen molar-refractivity contribution < 1.29 is 9.59 Å². The summed E-state index contributed by atoms with van der Waals surface area (Å²) in [6.07, 6.45) is 4.68. The zero-order valence-electron chi connectivity index (χ0n) is 10.7. The predicted molar refractivity (Wildman–Crippen MR) is 67.5 cm³/mol. The number of nitrogens with one attached hydrogen (secondary N) is 1. The minimum absolute atomic E-state index is 0.0335. The second-order valence-corrected chi connectivity index (χ2v) is 3.79. The lowest BCUT2D eigenvalue weighted by Gasteiger charge is -2.18. The topological polar surface area (TPSA) is 67.2 Å². The van der Waals surface area contributed by atoms with Gasteiger partial charge in [0, 0.05) is 26.0 Å². The number of carbonyl (C=O) groups is 2. The average molecular weight is 250 g/mol. The molecule has 0 radical (unpaired) electrons. The smallest absolute Gasteiger partial charge is 0.246 e. The first-order chi connectivity index (χ1) is 8.58. The van der Waals surface area contributed by atoms with Crippen LogP contribution in [0.3, 0.4) is 0 Å². The van der Waals surface area contributed by atoms with Gasteiger partial charge in [-0.3, -0.25) is 9.59 Å². The van der Waals surface area contributed by atoms with Crippen molar-refractivity contribution in [1.82, 2.24) is 19.8 Å². The molecular formula is C12H18N4O2. The molecule has 6 heteroatoms. The normalized spacial score (nSPS) is 9.89. The molecule has 98 valence electrons. The highest BCUT2D eigenvalue weighted by molar-refractivity contribution is 5.90. The van der Waals surface area contributed by atoms with Crippen LogP contribution in [0.2, 0.25) is 0 Å². The molecule has 1 N–H and O–H groups in total. The van der Waals surface area contributed by atoms with Crippen molar-refractivity contribution in [3.05, 3.63) is 30.9 Å². The highest BCUT2D eigenvalue weighted by Crippen LogP contribution is 1.94. The molecule has 18 heavy (non-hydrogen) atoms. The van der Waals surface area contributed by atoms with E-state index in [1.165, 1.54) is 11.0 Å². The van der Waals surface area contributed by atoms with Crippen molar-refractivity contribution in [1.29, 1.82) is 0 Å². The summed E-state index contributed by atoms with van der Waals surface area (Å²) < 4.78 is 1.83. The predicted octanol–water partition coefficient (Wildman–Crippen LogP) is 0.0708. The van der Waals surface area contributed by atoms with E-state index >= 15 is 0 Å². The third-order valence-corrected chi connectivity index (χ3v) is 2.57. The molecule has 1 heterocycles. The standard InChI is InChI=1S/C12H18N4O2/c1-4-12(18)16(5-2)9-11(17)14-8-10-13-6-7-15(10)3/h4,6-7H,1,5,8-9H2,2-3H3,(H,14,17). The Morgan fingerprint density at radius 3 is 2.83 bits per heavy atom. The summed E-state index contributed by atoms with van der Waals surface area (Å²) >= 11 is 0. The highest BCUT2D eigenvalue weighted by atomic mass is 16.2. The van der Waals surface area contributed by atoms with Crippen LogP contribution < -0.4 is 5.32 Å². The van der Waals surface area contributed by atoms with Gasteiger partial charge >= 0.3 is 0 Å². The Balaban J connectivity index is 2.44. The lowest BCUT2D eigenvalue weighted by molar-refractivity contribution is -0.132. The van der Waals surface area contributed by atoms with E-state index in [1.54, 1.807) is 12.4 Å². The number of likely N-dealkylation sites (N-methyl/N-ethyl adjacent to an activating group) is 1. The van der Waals surface area contributed by atoms with E-state index in [9.17, 15) is 9.59 Å². The largest absolute Gasteiger partial charge is 0.347 e. The Labute approximate surface area is 106 Å². The van der Waals surface area contributed by atoms with Gasteiger partial charge in [0.05, 0.1) is 13.1 Å². The monoisotopic (exact) mass is 250 g/mol. The fourth-order valence-electron chi connectivity index (χ4n) is 1.45. The second kappa shape index (κ2) is 6.58. The van der Waals surface area contributed by atoms with E-state index in [0.717, 1.165) is 5.82 Å². The van der Waals surface area contributed by atoms with Crippen LogP contribution in [0.1, 0.15) is 12.7 Å². The number of carbonyl (C=O) groups excluding carboxylic acids is 2. The minimum atomic E-state index is -0.246. The van der Waals surface area contributed by atoms with Crippen molar-refractivity contribution in [2.24, 2.45) is 7.05 Å². The Hall–Kier alpha value is -2.11.